The molecule has 0 aliphatic heterocycles. The van der Waals surface area contributed by atoms with Crippen LogP contribution >= 0.6 is 0 Å². The van der Waals surface area contributed by atoms with Gasteiger partial charge in [-0.25, -0.2) is 4.98 Å². The summed E-state index contributed by atoms with van der Waals surface area (Å²) in [7, 11) is 0. The number of nitro groups is 1. The molecule has 0 aliphatic rings. The summed E-state index contributed by atoms with van der Waals surface area (Å²) in [6.45, 7) is 4.09. The van der Waals surface area contributed by atoms with Crippen LogP contribution in [-0.2, 0) is 6.54 Å². The fourth-order valence-corrected chi connectivity index (χ4v) is 3.24. The van der Waals surface area contributed by atoms with E-state index in [0.717, 1.165) is 22.5 Å². The number of hydrogen-bond acceptors (Lipinski definition) is 7. The quantitative estimate of drug-likeness (QED) is 0.406. The first kappa shape index (κ1) is 17.6. The topological polar surface area (TPSA) is 107 Å². The molecule has 0 bridgehead atoms. The largest absolute Gasteiger partial charge is 0.373 e. The highest BCUT2D eigenvalue weighted by Gasteiger charge is 2.19. The number of aromatic nitrogens is 3. The molecule has 0 unspecified atom stereocenters. The predicted molar refractivity (Wildman–Crippen MR) is 105 cm³/mol. The second kappa shape index (κ2) is 7.07. The molecule has 1 aromatic carbocycles. The highest BCUT2D eigenvalue weighted by Crippen LogP contribution is 2.35. The molecule has 28 heavy (non-hydrogen) atoms. The van der Waals surface area contributed by atoms with Gasteiger partial charge in [0.2, 0.25) is 0 Å². The minimum absolute atomic E-state index is 0.0754. The Balaban J connectivity index is 1.79. The Labute approximate surface area is 160 Å². The van der Waals surface area contributed by atoms with Gasteiger partial charge in [0.05, 0.1) is 28.4 Å². The molecule has 0 radical (unpaired) electrons. The van der Waals surface area contributed by atoms with Gasteiger partial charge in [0.1, 0.15) is 17.6 Å². The maximum atomic E-state index is 11.5. The lowest BCUT2D eigenvalue weighted by atomic mass is 10.0. The van der Waals surface area contributed by atoms with Crippen LogP contribution < -0.4 is 5.32 Å². The average molecular weight is 375 g/mol. The number of fused-ring (bicyclic) bond motifs is 1. The van der Waals surface area contributed by atoms with Gasteiger partial charge in [-0.2, -0.15) is 0 Å². The molecule has 0 saturated carbocycles. The molecule has 8 heteroatoms. The standard InChI is InChI=1S/C20H17N5O3/c1-12-19(13(2)28-24-12)14-6-7-16-17(9-14)22-11-18(25(26)27)20(16)23-10-15-5-3-4-8-21-15/h3-9,11H,10H2,1-2H3,(H,22,23). The van der Waals surface area contributed by atoms with Crippen molar-refractivity contribution in [3.05, 3.63) is 76.1 Å². The van der Waals surface area contributed by atoms with E-state index in [4.69, 9.17) is 4.52 Å². The van der Waals surface area contributed by atoms with Gasteiger partial charge in [-0.15, -0.1) is 0 Å². The van der Waals surface area contributed by atoms with E-state index in [0.29, 0.717) is 28.9 Å². The number of rotatable bonds is 5. The number of aryl methyl sites for hydroxylation is 2. The maximum Gasteiger partial charge on any atom is 0.311 e. The van der Waals surface area contributed by atoms with Crippen molar-refractivity contribution in [1.82, 2.24) is 15.1 Å². The predicted octanol–water partition coefficient (Wildman–Crippen LogP) is 4.42. The average Bonchev–Trinajstić information content (AvgIpc) is 3.04. The Hall–Kier alpha value is -3.81. The van der Waals surface area contributed by atoms with Crippen LogP contribution in [-0.4, -0.2) is 20.0 Å². The van der Waals surface area contributed by atoms with Gasteiger partial charge in [-0.1, -0.05) is 17.3 Å². The number of anilines is 1. The van der Waals surface area contributed by atoms with Crippen molar-refractivity contribution in [3.8, 4) is 11.1 Å². The van der Waals surface area contributed by atoms with Crippen LogP contribution in [0.5, 0.6) is 0 Å². The van der Waals surface area contributed by atoms with Crippen LogP contribution in [0.3, 0.4) is 0 Å². The van der Waals surface area contributed by atoms with Crippen molar-refractivity contribution < 1.29 is 9.45 Å². The number of hydrogen-bond donors (Lipinski definition) is 1. The molecule has 0 atom stereocenters. The lowest BCUT2D eigenvalue weighted by Crippen LogP contribution is -2.05. The van der Waals surface area contributed by atoms with Crippen LogP contribution in [0.25, 0.3) is 22.0 Å². The van der Waals surface area contributed by atoms with Gasteiger partial charge in [-0.3, -0.25) is 15.1 Å². The van der Waals surface area contributed by atoms with Gasteiger partial charge in [-0.05, 0) is 43.7 Å². The Kier molecular flexibility index (Phi) is 4.44. The zero-order valence-corrected chi connectivity index (χ0v) is 15.3. The summed E-state index contributed by atoms with van der Waals surface area (Å²) >= 11 is 0. The summed E-state index contributed by atoms with van der Waals surface area (Å²) in [5.74, 6) is 0.715. The second-order valence-electron chi connectivity index (χ2n) is 6.38. The number of benzene rings is 1. The third-order valence-corrected chi connectivity index (χ3v) is 4.54. The molecule has 3 heterocycles. The second-order valence-corrected chi connectivity index (χ2v) is 6.38. The van der Waals surface area contributed by atoms with Crippen molar-refractivity contribution in [2.75, 3.05) is 5.32 Å². The normalized spacial score (nSPS) is 10.9. The Bertz CT molecular complexity index is 1150. The summed E-state index contributed by atoms with van der Waals surface area (Å²) in [5.41, 5.74) is 4.37. The summed E-state index contributed by atoms with van der Waals surface area (Å²) in [5, 5.41) is 19.3. The minimum Gasteiger partial charge on any atom is -0.373 e. The van der Waals surface area contributed by atoms with Gasteiger partial charge in [0.25, 0.3) is 0 Å². The van der Waals surface area contributed by atoms with E-state index in [9.17, 15) is 10.1 Å². The van der Waals surface area contributed by atoms with Gasteiger partial charge >= 0.3 is 5.69 Å². The first-order valence-electron chi connectivity index (χ1n) is 8.69. The molecule has 140 valence electrons. The monoisotopic (exact) mass is 375 g/mol. The Morgan fingerprint density at radius 2 is 2.04 bits per heavy atom. The van der Waals surface area contributed by atoms with Crippen LogP contribution in [0.4, 0.5) is 11.4 Å². The lowest BCUT2D eigenvalue weighted by Gasteiger charge is -2.11. The smallest absolute Gasteiger partial charge is 0.311 e. The number of nitrogens with zero attached hydrogens (tertiary/aromatic N) is 4. The van der Waals surface area contributed by atoms with Crippen molar-refractivity contribution >= 4 is 22.3 Å². The lowest BCUT2D eigenvalue weighted by molar-refractivity contribution is -0.384. The molecule has 1 N–H and O–H groups in total. The molecule has 0 amide bonds. The third-order valence-electron chi connectivity index (χ3n) is 4.54. The van der Waals surface area contributed by atoms with Crippen molar-refractivity contribution in [3.63, 3.8) is 0 Å². The van der Waals surface area contributed by atoms with E-state index in [1.165, 1.54) is 6.20 Å². The number of pyridine rings is 2. The zero-order valence-electron chi connectivity index (χ0n) is 15.3. The van der Waals surface area contributed by atoms with Crippen LogP contribution in [0, 0.1) is 24.0 Å². The van der Waals surface area contributed by atoms with Crippen molar-refractivity contribution in [2.24, 2.45) is 0 Å². The number of nitrogens with one attached hydrogen (secondary N) is 1. The van der Waals surface area contributed by atoms with E-state index in [2.05, 4.69) is 20.4 Å². The molecule has 0 aliphatic carbocycles. The maximum absolute atomic E-state index is 11.5. The summed E-state index contributed by atoms with van der Waals surface area (Å²) in [6, 6.07) is 11.2. The molecule has 4 aromatic rings. The SMILES string of the molecule is Cc1noc(C)c1-c1ccc2c(NCc3ccccn3)c([N+](=O)[O-])cnc2c1. The van der Waals surface area contributed by atoms with Gasteiger partial charge < -0.3 is 9.84 Å². The van der Waals surface area contributed by atoms with Crippen molar-refractivity contribution in [1.29, 1.82) is 0 Å². The van der Waals surface area contributed by atoms with E-state index in [1.807, 2.05) is 50.2 Å². The van der Waals surface area contributed by atoms with Gasteiger partial charge in [0.15, 0.2) is 0 Å². The summed E-state index contributed by atoms with van der Waals surface area (Å²) < 4.78 is 5.24. The highest BCUT2D eigenvalue weighted by atomic mass is 16.6. The third kappa shape index (κ3) is 3.16. The van der Waals surface area contributed by atoms with E-state index in [-0.39, 0.29) is 5.69 Å². The van der Waals surface area contributed by atoms with Gasteiger partial charge in [0, 0.05) is 17.1 Å². The van der Waals surface area contributed by atoms with Crippen LogP contribution in [0.15, 0.2) is 53.3 Å². The molecule has 0 fully saturated rings. The Morgan fingerprint density at radius 3 is 2.71 bits per heavy atom. The molecule has 4 rings (SSSR count). The molecule has 0 spiro atoms. The first-order valence-corrected chi connectivity index (χ1v) is 8.69. The summed E-state index contributed by atoms with van der Waals surface area (Å²) in [4.78, 5) is 19.6. The van der Waals surface area contributed by atoms with Crippen LogP contribution in [0.2, 0.25) is 0 Å². The van der Waals surface area contributed by atoms with E-state index >= 15 is 0 Å². The van der Waals surface area contributed by atoms with Crippen LogP contribution in [0.1, 0.15) is 17.1 Å². The fraction of sp³-hybridized carbons (Fsp3) is 0.150. The molecular formula is C20H17N5O3. The zero-order chi connectivity index (χ0) is 19.7. The first-order chi connectivity index (χ1) is 13.5. The molecule has 3 aromatic heterocycles. The Morgan fingerprint density at radius 1 is 1.18 bits per heavy atom. The fourth-order valence-electron chi connectivity index (χ4n) is 3.24. The molecule has 0 saturated heterocycles. The van der Waals surface area contributed by atoms with Crippen molar-refractivity contribution in [2.45, 2.75) is 20.4 Å². The van der Waals surface area contributed by atoms with E-state index in [1.54, 1.807) is 6.20 Å². The molecular weight excluding hydrogens is 358 g/mol. The summed E-state index contributed by atoms with van der Waals surface area (Å²) in [6.07, 6.45) is 2.96. The van der Waals surface area contributed by atoms with E-state index < -0.39 is 4.92 Å². The molecule has 8 nitrogen and oxygen atoms in total. The minimum atomic E-state index is -0.435. The highest BCUT2D eigenvalue weighted by molar-refractivity contribution is 5.97.